The molecule has 0 aromatic carbocycles. The Morgan fingerprint density at radius 1 is 1.15 bits per heavy atom. The molecule has 0 aromatic heterocycles. The molecule has 1 heterocycles. The largest absolute Gasteiger partial charge is 0.393 e. The number of rotatable bonds is 4. The van der Waals surface area contributed by atoms with E-state index < -0.39 is 0 Å². The molecule has 0 amide bonds. The van der Waals surface area contributed by atoms with Crippen LogP contribution in [0.15, 0.2) is 0 Å². The molecule has 2 nitrogen and oxygen atoms in total. The molecule has 0 spiro atoms. The van der Waals surface area contributed by atoms with Crippen LogP contribution in [0.4, 0.5) is 0 Å². The lowest BCUT2D eigenvalue weighted by Gasteiger charge is -2.20. The highest BCUT2D eigenvalue weighted by Gasteiger charge is 2.10. The predicted octanol–water partition coefficient (Wildman–Crippen LogP) is 2.02. The summed E-state index contributed by atoms with van der Waals surface area (Å²) in [5.74, 6) is 0. The van der Waals surface area contributed by atoms with Crippen LogP contribution >= 0.6 is 0 Å². The first-order chi connectivity index (χ1) is 6.33. The molecular formula is C11H23NO. The summed E-state index contributed by atoms with van der Waals surface area (Å²) in [4.78, 5) is 2.51. The summed E-state index contributed by atoms with van der Waals surface area (Å²) in [5, 5.41) is 9.43. The second kappa shape index (κ2) is 6.39. The second-order valence-corrected chi connectivity index (χ2v) is 4.11. The minimum absolute atomic E-state index is 0.0803. The molecular weight excluding hydrogens is 162 g/mol. The zero-order valence-corrected chi connectivity index (χ0v) is 8.84. The van der Waals surface area contributed by atoms with Crippen LogP contribution in [0.5, 0.6) is 0 Å². The van der Waals surface area contributed by atoms with Crippen molar-refractivity contribution in [3.8, 4) is 0 Å². The van der Waals surface area contributed by atoms with Gasteiger partial charge in [0, 0.05) is 6.54 Å². The average Bonchev–Trinajstić information content (AvgIpc) is 2.42. The van der Waals surface area contributed by atoms with Crippen molar-refractivity contribution in [1.29, 1.82) is 0 Å². The van der Waals surface area contributed by atoms with Crippen LogP contribution < -0.4 is 0 Å². The van der Waals surface area contributed by atoms with Gasteiger partial charge < -0.3 is 10.0 Å². The minimum Gasteiger partial charge on any atom is -0.393 e. The average molecular weight is 185 g/mol. The number of nitrogens with zero attached hydrogens (tertiary/aromatic N) is 1. The standard InChI is InChI=1S/C11H23NO/c1-2-11(13)7-10-12-8-5-3-4-6-9-12/h11,13H,2-10H2,1H3. The molecule has 0 radical (unpaired) electrons. The molecule has 1 aliphatic rings. The van der Waals surface area contributed by atoms with E-state index in [9.17, 15) is 5.11 Å². The maximum absolute atomic E-state index is 9.43. The van der Waals surface area contributed by atoms with Crippen molar-refractivity contribution in [2.75, 3.05) is 19.6 Å². The summed E-state index contributed by atoms with van der Waals surface area (Å²) in [6.07, 6.45) is 7.26. The quantitative estimate of drug-likeness (QED) is 0.724. The van der Waals surface area contributed by atoms with Gasteiger partial charge >= 0.3 is 0 Å². The van der Waals surface area contributed by atoms with Crippen molar-refractivity contribution in [1.82, 2.24) is 4.90 Å². The Labute approximate surface area is 81.9 Å². The topological polar surface area (TPSA) is 23.5 Å². The Hall–Kier alpha value is -0.0800. The fourth-order valence-electron chi connectivity index (χ4n) is 1.90. The third kappa shape index (κ3) is 4.63. The van der Waals surface area contributed by atoms with Crippen molar-refractivity contribution in [3.05, 3.63) is 0 Å². The van der Waals surface area contributed by atoms with Crippen LogP contribution in [0.2, 0.25) is 0 Å². The number of likely N-dealkylation sites (tertiary alicyclic amines) is 1. The maximum atomic E-state index is 9.43. The van der Waals surface area contributed by atoms with Gasteiger partial charge in [0.05, 0.1) is 6.10 Å². The van der Waals surface area contributed by atoms with Gasteiger partial charge in [-0.05, 0) is 38.8 Å². The first kappa shape index (κ1) is 11.0. The van der Waals surface area contributed by atoms with Crippen LogP contribution in [0.3, 0.4) is 0 Å². The van der Waals surface area contributed by atoms with E-state index >= 15 is 0 Å². The number of aliphatic hydroxyl groups is 1. The van der Waals surface area contributed by atoms with E-state index in [1.807, 2.05) is 6.92 Å². The monoisotopic (exact) mass is 185 g/mol. The molecule has 0 saturated carbocycles. The number of aliphatic hydroxyl groups excluding tert-OH is 1. The number of hydrogen-bond acceptors (Lipinski definition) is 2. The van der Waals surface area contributed by atoms with E-state index in [2.05, 4.69) is 4.90 Å². The fraction of sp³-hybridized carbons (Fsp3) is 1.00. The lowest BCUT2D eigenvalue weighted by Crippen LogP contribution is -2.28. The van der Waals surface area contributed by atoms with Gasteiger partial charge in [0.1, 0.15) is 0 Å². The van der Waals surface area contributed by atoms with E-state index in [1.165, 1.54) is 38.8 Å². The van der Waals surface area contributed by atoms with E-state index in [1.54, 1.807) is 0 Å². The SMILES string of the molecule is CCC(O)CCN1CCCCCC1. The van der Waals surface area contributed by atoms with Gasteiger partial charge in [-0.25, -0.2) is 0 Å². The van der Waals surface area contributed by atoms with Gasteiger partial charge in [0.25, 0.3) is 0 Å². The third-order valence-corrected chi connectivity index (χ3v) is 2.95. The Bertz CT molecular complexity index is 119. The van der Waals surface area contributed by atoms with Gasteiger partial charge in [-0.15, -0.1) is 0 Å². The summed E-state index contributed by atoms with van der Waals surface area (Å²) < 4.78 is 0. The van der Waals surface area contributed by atoms with Crippen molar-refractivity contribution in [3.63, 3.8) is 0 Å². The van der Waals surface area contributed by atoms with Crippen molar-refractivity contribution >= 4 is 0 Å². The molecule has 1 rings (SSSR count). The summed E-state index contributed by atoms with van der Waals surface area (Å²) in [7, 11) is 0. The lowest BCUT2D eigenvalue weighted by molar-refractivity contribution is 0.138. The summed E-state index contributed by atoms with van der Waals surface area (Å²) in [6, 6.07) is 0. The first-order valence-electron chi connectivity index (χ1n) is 5.73. The maximum Gasteiger partial charge on any atom is 0.0549 e. The molecule has 0 aromatic rings. The minimum atomic E-state index is -0.0803. The normalized spacial score (nSPS) is 22.6. The highest BCUT2D eigenvalue weighted by molar-refractivity contribution is 4.65. The molecule has 1 atom stereocenters. The third-order valence-electron chi connectivity index (χ3n) is 2.95. The zero-order chi connectivity index (χ0) is 9.52. The Kier molecular flexibility index (Phi) is 5.40. The van der Waals surface area contributed by atoms with Crippen molar-refractivity contribution in [2.24, 2.45) is 0 Å². The van der Waals surface area contributed by atoms with Gasteiger partial charge in [0.2, 0.25) is 0 Å². The van der Waals surface area contributed by atoms with E-state index in [0.717, 1.165) is 19.4 Å². The molecule has 1 N–H and O–H groups in total. The summed E-state index contributed by atoms with van der Waals surface area (Å²) in [6.45, 7) is 5.63. The second-order valence-electron chi connectivity index (χ2n) is 4.11. The summed E-state index contributed by atoms with van der Waals surface area (Å²) >= 11 is 0. The van der Waals surface area contributed by atoms with Crippen LogP contribution in [0.1, 0.15) is 45.4 Å². The van der Waals surface area contributed by atoms with Crippen molar-refractivity contribution < 1.29 is 5.11 Å². The summed E-state index contributed by atoms with van der Waals surface area (Å²) in [5.41, 5.74) is 0. The molecule has 0 bridgehead atoms. The van der Waals surface area contributed by atoms with Gasteiger partial charge in [-0.1, -0.05) is 19.8 Å². The van der Waals surface area contributed by atoms with E-state index in [4.69, 9.17) is 0 Å². The van der Waals surface area contributed by atoms with E-state index in [0.29, 0.717) is 0 Å². The van der Waals surface area contributed by atoms with Crippen LogP contribution in [-0.2, 0) is 0 Å². The van der Waals surface area contributed by atoms with Crippen molar-refractivity contribution in [2.45, 2.75) is 51.6 Å². The smallest absolute Gasteiger partial charge is 0.0549 e. The molecule has 1 saturated heterocycles. The lowest BCUT2D eigenvalue weighted by atomic mass is 10.2. The molecule has 1 unspecified atom stereocenters. The van der Waals surface area contributed by atoms with Crippen LogP contribution in [0, 0.1) is 0 Å². The molecule has 13 heavy (non-hydrogen) atoms. The highest BCUT2D eigenvalue weighted by Crippen LogP contribution is 2.10. The fourth-order valence-corrected chi connectivity index (χ4v) is 1.90. The van der Waals surface area contributed by atoms with Gasteiger partial charge in [-0.2, -0.15) is 0 Å². The first-order valence-corrected chi connectivity index (χ1v) is 5.73. The molecule has 1 aliphatic heterocycles. The van der Waals surface area contributed by atoms with E-state index in [-0.39, 0.29) is 6.10 Å². The highest BCUT2D eigenvalue weighted by atomic mass is 16.3. The van der Waals surface area contributed by atoms with Crippen LogP contribution in [-0.4, -0.2) is 35.7 Å². The van der Waals surface area contributed by atoms with Gasteiger partial charge in [-0.3, -0.25) is 0 Å². The van der Waals surface area contributed by atoms with Crippen LogP contribution in [0.25, 0.3) is 0 Å². The molecule has 0 aliphatic carbocycles. The molecule has 2 heteroatoms. The van der Waals surface area contributed by atoms with Gasteiger partial charge in [0.15, 0.2) is 0 Å². The Morgan fingerprint density at radius 3 is 2.31 bits per heavy atom. The zero-order valence-electron chi connectivity index (χ0n) is 8.84. The Balaban J connectivity index is 2.11. The molecule has 78 valence electrons. The number of hydrogen-bond donors (Lipinski definition) is 1. The Morgan fingerprint density at radius 2 is 1.77 bits per heavy atom. The predicted molar refractivity (Wildman–Crippen MR) is 55.8 cm³/mol. The molecule has 1 fully saturated rings.